The molecule has 5 nitrogen and oxygen atoms in total. The number of nitrogens with zero attached hydrogens (tertiary/aromatic N) is 2. The fourth-order valence-corrected chi connectivity index (χ4v) is 2.74. The van der Waals surface area contributed by atoms with Crippen molar-refractivity contribution in [2.45, 2.75) is 32.1 Å². The highest BCUT2D eigenvalue weighted by Crippen LogP contribution is 2.36. The van der Waals surface area contributed by atoms with Crippen molar-refractivity contribution in [3.8, 4) is 0 Å². The second-order valence-corrected chi connectivity index (χ2v) is 5.58. The van der Waals surface area contributed by atoms with Gasteiger partial charge in [-0.25, -0.2) is 0 Å². The number of hydrogen-bond acceptors (Lipinski definition) is 3. The molecule has 1 aromatic heterocycles. The molecule has 0 spiro atoms. The Morgan fingerprint density at radius 3 is 2.74 bits per heavy atom. The van der Waals surface area contributed by atoms with Crippen molar-refractivity contribution in [2.24, 2.45) is 0 Å². The van der Waals surface area contributed by atoms with Gasteiger partial charge in [-0.15, -0.1) is 0 Å². The van der Waals surface area contributed by atoms with Gasteiger partial charge in [0, 0.05) is 22.8 Å². The molecule has 0 amide bonds. The molecule has 0 bridgehead atoms. The Morgan fingerprint density at radius 1 is 1.32 bits per heavy atom. The zero-order chi connectivity index (χ0) is 13.8. The van der Waals surface area contributed by atoms with Crippen molar-refractivity contribution in [3.05, 3.63) is 45.8 Å². The van der Waals surface area contributed by atoms with Gasteiger partial charge < -0.3 is 9.94 Å². The molecule has 0 fully saturated rings. The predicted molar refractivity (Wildman–Crippen MR) is 70.7 cm³/mol. The fraction of sp³-hybridized carbons (Fsp3) is 0.357. The highest BCUT2D eigenvalue weighted by Gasteiger charge is 2.41. The van der Waals surface area contributed by atoms with Gasteiger partial charge in [0.2, 0.25) is 5.78 Å². The Bertz CT molecular complexity index is 759. The molecule has 0 aliphatic heterocycles. The molecular formula is C14H14N2O3. The lowest BCUT2D eigenvalue weighted by molar-refractivity contribution is -0.469. The average Bonchev–Trinajstić information content (AvgIpc) is 2.39. The highest BCUT2D eigenvalue weighted by molar-refractivity contribution is 5.96. The minimum absolute atomic E-state index is 0.00458. The van der Waals surface area contributed by atoms with Crippen molar-refractivity contribution in [1.82, 2.24) is 4.73 Å². The Labute approximate surface area is 109 Å². The Balaban J connectivity index is 2.57. The van der Waals surface area contributed by atoms with Crippen LogP contribution in [0.1, 0.15) is 42.9 Å². The molecule has 0 saturated heterocycles. The normalized spacial score (nSPS) is 17.5. The van der Waals surface area contributed by atoms with E-state index in [1.165, 1.54) is 0 Å². The zero-order valence-corrected chi connectivity index (χ0v) is 10.8. The van der Waals surface area contributed by atoms with E-state index in [0.717, 1.165) is 4.73 Å². The first-order chi connectivity index (χ1) is 8.93. The van der Waals surface area contributed by atoms with E-state index < -0.39 is 5.41 Å². The standard InChI is InChI=1S/C14H14N2O3/c1-14(2)8-7-11(17)12-13(14)16(19)10-6-4-3-5-9(10)15(12)18/h3-6H,7-8H2,1-2H3. The van der Waals surface area contributed by atoms with Crippen molar-refractivity contribution in [2.75, 3.05) is 0 Å². The number of hydrogen-bond donors (Lipinski definition) is 0. The first-order valence-corrected chi connectivity index (χ1v) is 6.25. The van der Waals surface area contributed by atoms with E-state index in [4.69, 9.17) is 0 Å². The third kappa shape index (κ3) is 1.51. The molecule has 1 aliphatic carbocycles. The largest absolute Gasteiger partial charge is 0.805 e. The maximum absolute atomic E-state index is 12.5. The molecule has 0 atom stereocenters. The summed E-state index contributed by atoms with van der Waals surface area (Å²) in [5, 5.41) is 12.5. The van der Waals surface area contributed by atoms with Crippen LogP contribution in [0.25, 0.3) is 11.0 Å². The maximum atomic E-state index is 12.5. The number of para-hydroxylation sites is 2. The number of fused-ring (bicyclic) bond motifs is 2. The first kappa shape index (κ1) is 11.9. The molecule has 2 aromatic rings. The van der Waals surface area contributed by atoms with E-state index in [0.29, 0.717) is 22.8 Å². The summed E-state index contributed by atoms with van der Waals surface area (Å²) in [6, 6.07) is 6.56. The topological polar surface area (TPSA) is 68.0 Å². The Kier molecular flexibility index (Phi) is 2.29. The van der Waals surface area contributed by atoms with Crippen LogP contribution in [0.3, 0.4) is 0 Å². The molecule has 0 saturated carbocycles. The molecule has 5 heteroatoms. The van der Waals surface area contributed by atoms with E-state index in [1.807, 2.05) is 13.8 Å². The van der Waals surface area contributed by atoms with E-state index >= 15 is 0 Å². The fourth-order valence-electron chi connectivity index (χ4n) is 2.74. The van der Waals surface area contributed by atoms with Crippen molar-refractivity contribution < 1.29 is 9.22 Å². The minimum Gasteiger partial charge on any atom is -0.805 e. The van der Waals surface area contributed by atoms with Crippen LogP contribution in [0.15, 0.2) is 24.3 Å². The Morgan fingerprint density at radius 2 is 2.00 bits per heavy atom. The summed E-state index contributed by atoms with van der Waals surface area (Å²) in [6.07, 6.45) is 0.889. The van der Waals surface area contributed by atoms with Crippen LogP contribution in [0.2, 0.25) is 0 Å². The number of Topliss-reactive ketones (excluding diaryl/α,β-unsaturated/α-hetero) is 1. The summed E-state index contributed by atoms with van der Waals surface area (Å²) in [4.78, 5) is 24.4. The molecule has 98 valence electrons. The summed E-state index contributed by atoms with van der Waals surface area (Å²) in [6.45, 7) is 3.78. The molecule has 0 N–H and O–H groups in total. The monoisotopic (exact) mass is 258 g/mol. The second kappa shape index (κ2) is 3.66. The van der Waals surface area contributed by atoms with E-state index in [9.17, 15) is 14.9 Å². The van der Waals surface area contributed by atoms with Gasteiger partial charge in [0.15, 0.2) is 0 Å². The first-order valence-electron chi connectivity index (χ1n) is 6.25. The summed E-state index contributed by atoms with van der Waals surface area (Å²) in [7, 11) is 0. The lowest BCUT2D eigenvalue weighted by Gasteiger charge is -2.33. The summed E-state index contributed by atoms with van der Waals surface area (Å²) < 4.78 is 1.36. The summed E-state index contributed by atoms with van der Waals surface area (Å²) >= 11 is 0. The smallest absolute Gasteiger partial charge is 0.325 e. The number of rotatable bonds is 0. The van der Waals surface area contributed by atoms with E-state index in [1.54, 1.807) is 24.3 Å². The van der Waals surface area contributed by atoms with Crippen molar-refractivity contribution >= 4 is 16.8 Å². The quantitative estimate of drug-likeness (QED) is 0.680. The van der Waals surface area contributed by atoms with E-state index in [2.05, 4.69) is 0 Å². The molecule has 0 unspecified atom stereocenters. The van der Waals surface area contributed by atoms with Gasteiger partial charge in [0.05, 0.1) is 4.43 Å². The number of aromatic nitrogens is 2. The molecule has 3 rings (SSSR count). The van der Waals surface area contributed by atoms with Crippen LogP contribution in [0.4, 0.5) is 0 Å². The number of carbonyl (C=O) groups is 1. The van der Waals surface area contributed by atoms with Gasteiger partial charge in [0.1, 0.15) is 11.2 Å². The van der Waals surface area contributed by atoms with Crippen LogP contribution in [0.5, 0.6) is 0 Å². The minimum atomic E-state index is -0.471. The van der Waals surface area contributed by atoms with Gasteiger partial charge >= 0.3 is 5.69 Å². The van der Waals surface area contributed by atoms with Gasteiger partial charge in [-0.3, -0.25) is 4.79 Å². The molecular weight excluding hydrogens is 244 g/mol. The van der Waals surface area contributed by atoms with Crippen LogP contribution < -0.4 is 4.43 Å². The number of carbonyl (C=O) groups excluding carboxylic acids is 1. The third-order valence-electron chi connectivity index (χ3n) is 3.83. The lowest BCUT2D eigenvalue weighted by Crippen LogP contribution is -2.40. The summed E-state index contributed by atoms with van der Waals surface area (Å²) in [5.74, 6) is -0.250. The summed E-state index contributed by atoms with van der Waals surface area (Å²) in [5.41, 5.74) is 0.366. The molecule has 1 aliphatic rings. The van der Waals surface area contributed by atoms with E-state index in [-0.39, 0.29) is 22.7 Å². The number of ketones is 1. The predicted octanol–water partition coefficient (Wildman–Crippen LogP) is 2.16. The molecule has 19 heavy (non-hydrogen) atoms. The van der Waals surface area contributed by atoms with Crippen LogP contribution in [0, 0.1) is 10.1 Å². The highest BCUT2D eigenvalue weighted by atomic mass is 16.5. The SMILES string of the molecule is CC1(C)CCC(=O)c2c1n([O-])c1ccccc1[n+]2=O. The zero-order valence-electron chi connectivity index (χ0n) is 10.8. The maximum Gasteiger partial charge on any atom is 0.325 e. The van der Waals surface area contributed by atoms with Crippen LogP contribution in [-0.2, 0) is 5.41 Å². The molecule has 1 heterocycles. The molecule has 0 radical (unpaired) electrons. The van der Waals surface area contributed by atoms with Gasteiger partial charge in [-0.2, -0.15) is 0 Å². The third-order valence-corrected chi connectivity index (χ3v) is 3.83. The van der Waals surface area contributed by atoms with Crippen LogP contribution >= 0.6 is 0 Å². The van der Waals surface area contributed by atoms with Gasteiger partial charge in [-0.1, -0.05) is 26.0 Å². The number of benzene rings is 1. The molecule has 1 aromatic carbocycles. The van der Waals surface area contributed by atoms with Gasteiger partial charge in [-0.05, 0) is 12.5 Å². The average molecular weight is 258 g/mol. The Hall–Kier alpha value is -2.17. The van der Waals surface area contributed by atoms with Crippen LogP contribution in [-0.4, -0.2) is 10.5 Å². The second-order valence-electron chi connectivity index (χ2n) is 5.58. The van der Waals surface area contributed by atoms with Gasteiger partial charge in [0.25, 0.3) is 5.52 Å². The lowest BCUT2D eigenvalue weighted by atomic mass is 9.77. The van der Waals surface area contributed by atoms with Crippen molar-refractivity contribution in [1.29, 1.82) is 0 Å². The van der Waals surface area contributed by atoms with Crippen molar-refractivity contribution in [3.63, 3.8) is 0 Å².